The molecule has 3 rings (SSSR count). The van der Waals surface area contributed by atoms with Gasteiger partial charge in [0.15, 0.2) is 15.8 Å². The number of thioether (sulfide) groups is 1. The number of carbonyl (C=O) groups excluding carboxylic acids is 2. The predicted molar refractivity (Wildman–Crippen MR) is 127 cm³/mol. The SMILES string of the molecule is CCOc1cc(/C=C2/SC(=S)N(NC(=O)c3ccc(Cl)cc3)C2=O)ccc1OC(C)C. The molecule has 9 heteroatoms. The van der Waals surface area contributed by atoms with Gasteiger partial charge in [-0.15, -0.1) is 0 Å². The molecule has 2 amide bonds. The van der Waals surface area contributed by atoms with Gasteiger partial charge in [-0.1, -0.05) is 29.4 Å². The van der Waals surface area contributed by atoms with Crippen molar-refractivity contribution in [3.05, 3.63) is 63.5 Å². The van der Waals surface area contributed by atoms with Gasteiger partial charge in [0.2, 0.25) is 0 Å². The molecule has 0 aliphatic carbocycles. The second kappa shape index (κ2) is 10.2. The van der Waals surface area contributed by atoms with Crippen molar-refractivity contribution < 1.29 is 19.1 Å². The molecule has 0 radical (unpaired) electrons. The van der Waals surface area contributed by atoms with Crippen LogP contribution in [0.2, 0.25) is 5.02 Å². The largest absolute Gasteiger partial charge is 0.490 e. The van der Waals surface area contributed by atoms with Crippen LogP contribution in [0.3, 0.4) is 0 Å². The molecule has 6 nitrogen and oxygen atoms in total. The van der Waals surface area contributed by atoms with Gasteiger partial charge < -0.3 is 9.47 Å². The zero-order valence-electron chi connectivity index (χ0n) is 17.2. The Hall–Kier alpha value is -2.55. The van der Waals surface area contributed by atoms with Gasteiger partial charge in [-0.25, -0.2) is 0 Å². The molecular formula is C22H21ClN2O4S2. The summed E-state index contributed by atoms with van der Waals surface area (Å²) in [4.78, 5) is 25.7. The zero-order valence-corrected chi connectivity index (χ0v) is 19.6. The summed E-state index contributed by atoms with van der Waals surface area (Å²) in [5.74, 6) is 0.370. The van der Waals surface area contributed by atoms with Crippen LogP contribution in [0.25, 0.3) is 6.08 Å². The quantitative estimate of drug-likeness (QED) is 0.444. The Morgan fingerprint density at radius 2 is 1.94 bits per heavy atom. The Balaban J connectivity index is 1.78. The summed E-state index contributed by atoms with van der Waals surface area (Å²) >= 11 is 12.2. The molecule has 1 fully saturated rings. The molecule has 1 aliphatic heterocycles. The highest BCUT2D eigenvalue weighted by molar-refractivity contribution is 8.26. The van der Waals surface area contributed by atoms with Crippen molar-refractivity contribution in [1.82, 2.24) is 10.4 Å². The Morgan fingerprint density at radius 1 is 1.23 bits per heavy atom. The number of halogens is 1. The second-order valence-electron chi connectivity index (χ2n) is 6.77. The van der Waals surface area contributed by atoms with E-state index in [0.717, 1.165) is 22.3 Å². The van der Waals surface area contributed by atoms with E-state index < -0.39 is 11.8 Å². The van der Waals surface area contributed by atoms with Crippen molar-refractivity contribution >= 4 is 57.8 Å². The summed E-state index contributed by atoms with van der Waals surface area (Å²) < 4.78 is 11.7. The predicted octanol–water partition coefficient (Wildman–Crippen LogP) is 5.07. The smallest absolute Gasteiger partial charge is 0.285 e. The van der Waals surface area contributed by atoms with E-state index in [1.165, 1.54) is 0 Å². The number of nitrogens with zero attached hydrogens (tertiary/aromatic N) is 1. The van der Waals surface area contributed by atoms with Gasteiger partial charge in [0.05, 0.1) is 17.6 Å². The van der Waals surface area contributed by atoms with E-state index in [1.54, 1.807) is 42.5 Å². The molecule has 0 aromatic heterocycles. The fourth-order valence-corrected chi connectivity index (χ4v) is 4.02. The lowest BCUT2D eigenvalue weighted by Crippen LogP contribution is -2.44. The summed E-state index contributed by atoms with van der Waals surface area (Å²) in [5.41, 5.74) is 3.67. The van der Waals surface area contributed by atoms with Crippen LogP contribution < -0.4 is 14.9 Å². The van der Waals surface area contributed by atoms with Crippen molar-refractivity contribution in [3.63, 3.8) is 0 Å². The minimum atomic E-state index is -0.456. The van der Waals surface area contributed by atoms with E-state index >= 15 is 0 Å². The third kappa shape index (κ3) is 5.78. The van der Waals surface area contributed by atoms with Crippen molar-refractivity contribution in [2.75, 3.05) is 6.61 Å². The average Bonchev–Trinajstić information content (AvgIpc) is 2.97. The first-order chi connectivity index (χ1) is 14.8. The molecule has 162 valence electrons. The van der Waals surface area contributed by atoms with E-state index in [4.69, 9.17) is 33.3 Å². The summed E-state index contributed by atoms with van der Waals surface area (Å²) in [6.07, 6.45) is 1.71. The lowest BCUT2D eigenvalue weighted by atomic mass is 10.2. The third-order valence-corrected chi connectivity index (χ3v) is 5.60. The number of rotatable bonds is 7. The van der Waals surface area contributed by atoms with Crippen LogP contribution in [-0.2, 0) is 4.79 Å². The molecule has 1 aliphatic rings. The number of hydrogen-bond acceptors (Lipinski definition) is 6. The highest BCUT2D eigenvalue weighted by Gasteiger charge is 2.33. The number of thiocarbonyl (C=S) groups is 1. The van der Waals surface area contributed by atoms with Crippen LogP contribution in [0.1, 0.15) is 36.7 Å². The summed E-state index contributed by atoms with van der Waals surface area (Å²) in [6.45, 7) is 6.25. The molecule has 1 heterocycles. The molecular weight excluding hydrogens is 456 g/mol. The Labute approximate surface area is 195 Å². The molecule has 31 heavy (non-hydrogen) atoms. The monoisotopic (exact) mass is 476 g/mol. The van der Waals surface area contributed by atoms with E-state index in [-0.39, 0.29) is 10.4 Å². The van der Waals surface area contributed by atoms with E-state index in [2.05, 4.69) is 5.43 Å². The van der Waals surface area contributed by atoms with Crippen LogP contribution in [0.5, 0.6) is 11.5 Å². The fraction of sp³-hybridized carbons (Fsp3) is 0.227. The molecule has 0 bridgehead atoms. The number of nitrogens with one attached hydrogen (secondary N) is 1. The first-order valence-corrected chi connectivity index (χ1v) is 11.2. The summed E-state index contributed by atoms with van der Waals surface area (Å²) in [5, 5.41) is 1.59. The summed E-state index contributed by atoms with van der Waals surface area (Å²) in [7, 11) is 0. The van der Waals surface area contributed by atoms with Gasteiger partial charge in [-0.3, -0.25) is 15.0 Å². The second-order valence-corrected chi connectivity index (χ2v) is 8.88. The standard InChI is InChI=1S/C22H21ClN2O4S2/c1-4-28-18-11-14(5-10-17(18)29-13(2)3)12-19-21(27)25(22(30)31-19)24-20(26)15-6-8-16(23)9-7-15/h5-13H,4H2,1-3H3,(H,24,26)/b19-12+. The molecule has 1 N–H and O–H groups in total. The minimum absolute atomic E-state index is 0.00515. The normalized spacial score (nSPS) is 15.0. The number of amides is 2. The minimum Gasteiger partial charge on any atom is -0.490 e. The third-order valence-electron chi connectivity index (χ3n) is 4.04. The first kappa shape index (κ1) is 23.1. The van der Waals surface area contributed by atoms with E-state index in [0.29, 0.717) is 33.6 Å². The number of hydrogen-bond donors (Lipinski definition) is 1. The Morgan fingerprint density at radius 3 is 2.58 bits per heavy atom. The lowest BCUT2D eigenvalue weighted by molar-refractivity contribution is -0.123. The van der Waals surface area contributed by atoms with E-state index in [9.17, 15) is 9.59 Å². The van der Waals surface area contributed by atoms with Crippen molar-refractivity contribution in [2.45, 2.75) is 26.9 Å². The number of ether oxygens (including phenoxy) is 2. The Kier molecular flexibility index (Phi) is 7.59. The van der Waals surface area contributed by atoms with Gasteiger partial charge in [-0.2, -0.15) is 5.01 Å². The van der Waals surface area contributed by atoms with Crippen molar-refractivity contribution in [1.29, 1.82) is 0 Å². The lowest BCUT2D eigenvalue weighted by Gasteiger charge is -2.16. The highest BCUT2D eigenvalue weighted by Crippen LogP contribution is 2.34. The molecule has 0 saturated carbocycles. The zero-order chi connectivity index (χ0) is 22.5. The maximum absolute atomic E-state index is 12.8. The van der Waals surface area contributed by atoms with Crippen LogP contribution in [0.4, 0.5) is 0 Å². The molecule has 0 spiro atoms. The van der Waals surface area contributed by atoms with Gasteiger partial charge in [-0.05, 0) is 81.0 Å². The molecule has 2 aromatic carbocycles. The first-order valence-electron chi connectivity index (χ1n) is 9.56. The van der Waals surface area contributed by atoms with Gasteiger partial charge >= 0.3 is 0 Å². The van der Waals surface area contributed by atoms with Crippen LogP contribution >= 0.6 is 35.6 Å². The van der Waals surface area contributed by atoms with Crippen LogP contribution in [0, 0.1) is 0 Å². The number of benzene rings is 2. The van der Waals surface area contributed by atoms with E-state index in [1.807, 2.05) is 26.8 Å². The average molecular weight is 477 g/mol. The van der Waals surface area contributed by atoms with Gasteiger partial charge in [0.1, 0.15) is 0 Å². The van der Waals surface area contributed by atoms with Crippen molar-refractivity contribution in [3.8, 4) is 11.5 Å². The number of hydrazine groups is 1. The maximum Gasteiger partial charge on any atom is 0.285 e. The fourth-order valence-electron chi connectivity index (χ4n) is 2.72. The van der Waals surface area contributed by atoms with Crippen LogP contribution in [-0.4, -0.2) is 33.9 Å². The Bertz CT molecular complexity index is 1040. The molecule has 1 saturated heterocycles. The topological polar surface area (TPSA) is 67.9 Å². The van der Waals surface area contributed by atoms with Gasteiger partial charge in [0.25, 0.3) is 11.8 Å². The summed E-state index contributed by atoms with van der Waals surface area (Å²) in [6, 6.07) is 11.8. The molecule has 0 unspecified atom stereocenters. The highest BCUT2D eigenvalue weighted by atomic mass is 35.5. The van der Waals surface area contributed by atoms with Crippen molar-refractivity contribution in [2.24, 2.45) is 0 Å². The maximum atomic E-state index is 12.8. The van der Waals surface area contributed by atoms with Crippen LogP contribution in [0.15, 0.2) is 47.4 Å². The molecule has 2 aromatic rings. The van der Waals surface area contributed by atoms with Gasteiger partial charge in [0, 0.05) is 10.6 Å². The number of carbonyl (C=O) groups is 2. The molecule has 0 atom stereocenters.